The van der Waals surface area contributed by atoms with E-state index in [1.807, 2.05) is 0 Å². The molecular formula is C7H14N2O3S. The van der Waals surface area contributed by atoms with E-state index in [-0.39, 0.29) is 24.0 Å². The number of urea groups is 1. The van der Waals surface area contributed by atoms with Crippen molar-refractivity contribution < 1.29 is 13.2 Å². The molecule has 1 unspecified atom stereocenters. The standard InChI is InChI=1S/C7H14N2O3S/c1-6-4-9(7(8)10)2-3-13(11,12)5-6/h6H,2-5H2,1H3,(H2,8,10). The zero-order valence-corrected chi connectivity index (χ0v) is 8.38. The summed E-state index contributed by atoms with van der Waals surface area (Å²) in [5, 5.41) is 0. The monoisotopic (exact) mass is 206 g/mol. The van der Waals surface area contributed by atoms with Crippen molar-refractivity contribution in [2.24, 2.45) is 11.7 Å². The average Bonchev–Trinajstić information content (AvgIpc) is 2.07. The molecule has 0 radical (unpaired) electrons. The molecule has 1 saturated heterocycles. The minimum absolute atomic E-state index is 0.0278. The van der Waals surface area contributed by atoms with Crippen LogP contribution in [-0.4, -0.2) is 43.9 Å². The summed E-state index contributed by atoms with van der Waals surface area (Å²) in [4.78, 5) is 12.2. The van der Waals surface area contributed by atoms with Crippen molar-refractivity contribution in [1.29, 1.82) is 0 Å². The lowest BCUT2D eigenvalue weighted by molar-refractivity contribution is 0.205. The number of carbonyl (C=O) groups excluding carboxylic acids is 1. The van der Waals surface area contributed by atoms with E-state index in [0.29, 0.717) is 6.54 Å². The van der Waals surface area contributed by atoms with Crippen LogP contribution in [0, 0.1) is 5.92 Å². The van der Waals surface area contributed by atoms with Gasteiger partial charge in [-0.2, -0.15) is 0 Å². The van der Waals surface area contributed by atoms with Crippen molar-refractivity contribution >= 4 is 15.9 Å². The van der Waals surface area contributed by atoms with Gasteiger partial charge in [-0.15, -0.1) is 0 Å². The van der Waals surface area contributed by atoms with Crippen LogP contribution in [0.4, 0.5) is 4.79 Å². The molecule has 2 amide bonds. The first kappa shape index (κ1) is 10.3. The van der Waals surface area contributed by atoms with Crippen molar-refractivity contribution in [1.82, 2.24) is 4.90 Å². The first-order valence-electron chi connectivity index (χ1n) is 4.15. The van der Waals surface area contributed by atoms with Crippen LogP contribution in [0.1, 0.15) is 6.92 Å². The third-order valence-corrected chi connectivity index (χ3v) is 3.94. The highest BCUT2D eigenvalue weighted by Crippen LogP contribution is 2.10. The molecule has 1 aliphatic heterocycles. The average molecular weight is 206 g/mol. The van der Waals surface area contributed by atoms with Crippen molar-refractivity contribution in [3.05, 3.63) is 0 Å². The van der Waals surface area contributed by atoms with E-state index >= 15 is 0 Å². The summed E-state index contributed by atoms with van der Waals surface area (Å²) < 4.78 is 22.5. The largest absolute Gasteiger partial charge is 0.351 e. The van der Waals surface area contributed by atoms with E-state index in [1.165, 1.54) is 4.90 Å². The molecule has 1 aliphatic rings. The Morgan fingerprint density at radius 1 is 1.54 bits per heavy atom. The summed E-state index contributed by atoms with van der Waals surface area (Å²) in [6.07, 6.45) is 0. The number of nitrogens with two attached hydrogens (primary N) is 1. The molecule has 0 saturated carbocycles. The van der Waals surface area contributed by atoms with Crippen molar-refractivity contribution in [2.45, 2.75) is 6.92 Å². The van der Waals surface area contributed by atoms with E-state index in [4.69, 9.17) is 5.73 Å². The summed E-state index contributed by atoms with van der Waals surface area (Å²) in [5.41, 5.74) is 5.08. The highest BCUT2D eigenvalue weighted by molar-refractivity contribution is 7.91. The lowest BCUT2D eigenvalue weighted by Crippen LogP contribution is -2.39. The minimum Gasteiger partial charge on any atom is -0.351 e. The van der Waals surface area contributed by atoms with Gasteiger partial charge in [-0.3, -0.25) is 0 Å². The molecule has 76 valence electrons. The van der Waals surface area contributed by atoms with E-state index in [0.717, 1.165) is 0 Å². The van der Waals surface area contributed by atoms with Crippen LogP contribution in [-0.2, 0) is 9.84 Å². The molecule has 6 heteroatoms. The molecule has 0 aromatic carbocycles. The van der Waals surface area contributed by atoms with Crippen LogP contribution in [0.5, 0.6) is 0 Å². The van der Waals surface area contributed by atoms with Crippen LogP contribution >= 0.6 is 0 Å². The topological polar surface area (TPSA) is 80.5 Å². The van der Waals surface area contributed by atoms with Gasteiger partial charge < -0.3 is 10.6 Å². The second kappa shape index (κ2) is 3.53. The first-order chi connectivity index (χ1) is 5.91. The molecular weight excluding hydrogens is 192 g/mol. The fraction of sp³-hybridized carbons (Fsp3) is 0.857. The Balaban J connectivity index is 2.75. The molecule has 0 aromatic heterocycles. The quantitative estimate of drug-likeness (QED) is 0.576. The van der Waals surface area contributed by atoms with Crippen LogP contribution in [0.3, 0.4) is 0 Å². The third kappa shape index (κ3) is 2.87. The second-order valence-electron chi connectivity index (χ2n) is 3.50. The van der Waals surface area contributed by atoms with Crippen LogP contribution in [0.15, 0.2) is 0 Å². The Bertz CT molecular complexity index is 299. The zero-order chi connectivity index (χ0) is 10.1. The Morgan fingerprint density at radius 2 is 2.15 bits per heavy atom. The van der Waals surface area contributed by atoms with E-state index in [1.54, 1.807) is 6.92 Å². The number of hydrogen-bond donors (Lipinski definition) is 1. The second-order valence-corrected chi connectivity index (χ2v) is 5.73. The predicted molar refractivity (Wildman–Crippen MR) is 49.0 cm³/mol. The van der Waals surface area contributed by atoms with Gasteiger partial charge in [0.25, 0.3) is 0 Å². The maximum atomic E-state index is 11.3. The normalized spacial score (nSPS) is 28.1. The number of carbonyl (C=O) groups is 1. The maximum absolute atomic E-state index is 11.3. The number of amides is 2. The van der Waals surface area contributed by atoms with E-state index in [9.17, 15) is 13.2 Å². The zero-order valence-electron chi connectivity index (χ0n) is 7.56. The summed E-state index contributed by atoms with van der Waals surface area (Å²) in [7, 11) is -2.98. The Morgan fingerprint density at radius 3 is 2.69 bits per heavy atom. The van der Waals surface area contributed by atoms with Gasteiger partial charge in [0.2, 0.25) is 0 Å². The fourth-order valence-corrected chi connectivity index (χ4v) is 3.12. The molecule has 0 bridgehead atoms. The number of primary amides is 1. The summed E-state index contributed by atoms with van der Waals surface area (Å²) in [5.74, 6) is 0.150. The van der Waals surface area contributed by atoms with Crippen LogP contribution < -0.4 is 5.73 Å². The van der Waals surface area contributed by atoms with Gasteiger partial charge in [-0.25, -0.2) is 13.2 Å². The summed E-state index contributed by atoms with van der Waals surface area (Å²) >= 11 is 0. The number of hydrogen-bond acceptors (Lipinski definition) is 3. The lowest BCUT2D eigenvalue weighted by atomic mass is 10.2. The molecule has 0 aliphatic carbocycles. The van der Waals surface area contributed by atoms with Crippen LogP contribution in [0.2, 0.25) is 0 Å². The van der Waals surface area contributed by atoms with Gasteiger partial charge in [-0.05, 0) is 5.92 Å². The third-order valence-electron chi connectivity index (χ3n) is 2.05. The van der Waals surface area contributed by atoms with Gasteiger partial charge in [-0.1, -0.05) is 6.92 Å². The van der Waals surface area contributed by atoms with Crippen molar-refractivity contribution in [2.75, 3.05) is 24.6 Å². The summed E-state index contributed by atoms with van der Waals surface area (Å²) in [6.45, 7) is 2.47. The van der Waals surface area contributed by atoms with Gasteiger partial charge in [0.15, 0.2) is 9.84 Å². The lowest BCUT2D eigenvalue weighted by Gasteiger charge is -2.18. The van der Waals surface area contributed by atoms with Gasteiger partial charge in [0.1, 0.15) is 0 Å². The Labute approximate surface area is 77.8 Å². The number of rotatable bonds is 0. The SMILES string of the molecule is CC1CN(C(N)=O)CCS(=O)(=O)C1. The van der Waals surface area contributed by atoms with Gasteiger partial charge >= 0.3 is 6.03 Å². The number of nitrogens with zero attached hydrogens (tertiary/aromatic N) is 1. The van der Waals surface area contributed by atoms with Gasteiger partial charge in [0, 0.05) is 13.1 Å². The first-order valence-corrected chi connectivity index (χ1v) is 5.97. The predicted octanol–water partition coefficient (Wildman–Crippen LogP) is -0.568. The fourth-order valence-electron chi connectivity index (χ4n) is 1.49. The highest BCUT2D eigenvalue weighted by Gasteiger charge is 2.25. The van der Waals surface area contributed by atoms with Crippen LogP contribution in [0.25, 0.3) is 0 Å². The minimum atomic E-state index is -2.98. The maximum Gasteiger partial charge on any atom is 0.314 e. The molecule has 5 nitrogen and oxygen atoms in total. The molecule has 2 N–H and O–H groups in total. The van der Waals surface area contributed by atoms with Gasteiger partial charge in [0.05, 0.1) is 11.5 Å². The Hall–Kier alpha value is -0.780. The highest BCUT2D eigenvalue weighted by atomic mass is 32.2. The Kier molecular flexibility index (Phi) is 2.80. The van der Waals surface area contributed by atoms with E-state index in [2.05, 4.69) is 0 Å². The molecule has 1 atom stereocenters. The molecule has 0 spiro atoms. The molecule has 1 rings (SSSR count). The van der Waals surface area contributed by atoms with Crippen molar-refractivity contribution in [3.63, 3.8) is 0 Å². The molecule has 1 fully saturated rings. The van der Waals surface area contributed by atoms with E-state index < -0.39 is 15.9 Å². The molecule has 0 aromatic rings. The molecule has 1 heterocycles. The molecule has 13 heavy (non-hydrogen) atoms. The summed E-state index contributed by atoms with van der Waals surface area (Å²) in [6, 6.07) is -0.538. The number of sulfone groups is 1. The smallest absolute Gasteiger partial charge is 0.314 e. The van der Waals surface area contributed by atoms with Crippen molar-refractivity contribution in [3.8, 4) is 0 Å².